The van der Waals surface area contributed by atoms with Crippen molar-refractivity contribution in [3.63, 3.8) is 0 Å². The Kier molecular flexibility index (Phi) is 5.51. The van der Waals surface area contributed by atoms with E-state index in [1.165, 1.54) is 3.57 Å². The third-order valence-corrected chi connectivity index (χ3v) is 4.46. The van der Waals surface area contributed by atoms with E-state index in [9.17, 15) is 0 Å². The molecule has 0 spiro atoms. The van der Waals surface area contributed by atoms with Crippen molar-refractivity contribution >= 4 is 33.9 Å². The molecule has 3 nitrogen and oxygen atoms in total. The molecule has 1 heterocycles. The Morgan fingerprint density at radius 1 is 1.25 bits per heavy atom. The molecule has 2 aromatic rings. The minimum atomic E-state index is 0.188. The van der Waals surface area contributed by atoms with E-state index in [4.69, 9.17) is 0 Å². The number of hydrogen-bond donors (Lipinski definition) is 1. The average Bonchev–Trinajstić information content (AvgIpc) is 2.82. The molecule has 0 fully saturated rings. The highest BCUT2D eigenvalue weighted by molar-refractivity contribution is 14.1. The summed E-state index contributed by atoms with van der Waals surface area (Å²) in [4.78, 5) is 0. The van der Waals surface area contributed by atoms with Crippen LogP contribution in [0.1, 0.15) is 32.2 Å². The van der Waals surface area contributed by atoms with Crippen molar-refractivity contribution in [2.45, 2.75) is 39.2 Å². The molecule has 2 rings (SSSR count). The lowest BCUT2D eigenvalue weighted by Crippen LogP contribution is -2.36. The normalized spacial score (nSPS) is 11.8. The molecule has 0 bridgehead atoms. The van der Waals surface area contributed by atoms with Crippen LogP contribution in [0.3, 0.4) is 0 Å². The molecule has 0 saturated heterocycles. The number of benzene rings is 1. The van der Waals surface area contributed by atoms with E-state index in [0.717, 1.165) is 35.0 Å². The molecule has 108 valence electrons. The zero-order chi connectivity index (χ0) is 14.6. The van der Waals surface area contributed by atoms with Gasteiger partial charge in [0.2, 0.25) is 0 Å². The van der Waals surface area contributed by atoms with Crippen LogP contribution < -0.4 is 5.32 Å². The van der Waals surface area contributed by atoms with E-state index in [-0.39, 0.29) is 5.54 Å². The number of halogens is 1. The number of nitrogens with one attached hydrogen (secondary N) is 1. The lowest BCUT2D eigenvalue weighted by atomic mass is 10.1. The van der Waals surface area contributed by atoms with Gasteiger partial charge >= 0.3 is 0 Å². The van der Waals surface area contributed by atoms with Crippen LogP contribution in [0.5, 0.6) is 0 Å². The van der Waals surface area contributed by atoms with Crippen LogP contribution in [-0.2, 0) is 6.42 Å². The molecule has 0 amide bonds. The molecule has 1 aromatic heterocycles. The number of rotatable bonds is 5. The second-order valence-corrected chi connectivity index (χ2v) is 8.10. The third kappa shape index (κ3) is 5.10. The highest BCUT2D eigenvalue weighted by Crippen LogP contribution is 2.25. The molecule has 0 aliphatic carbocycles. The van der Waals surface area contributed by atoms with Gasteiger partial charge in [0.15, 0.2) is 0 Å². The van der Waals surface area contributed by atoms with Gasteiger partial charge < -0.3 is 5.32 Å². The standard InChI is InChI=1S/C15H20IN3S/c1-15(2,3)17-9-5-8-13-18-19-14(20-13)11-6-4-7-12(16)10-11/h4,6-7,10,17H,5,8-9H2,1-3H3. The fraction of sp³-hybridized carbons (Fsp3) is 0.467. The van der Waals surface area contributed by atoms with Crippen LogP contribution in [0, 0.1) is 3.57 Å². The maximum absolute atomic E-state index is 4.30. The first kappa shape index (κ1) is 15.9. The summed E-state index contributed by atoms with van der Waals surface area (Å²) >= 11 is 4.02. The number of aromatic nitrogens is 2. The Morgan fingerprint density at radius 2 is 2.05 bits per heavy atom. The van der Waals surface area contributed by atoms with E-state index < -0.39 is 0 Å². The Balaban J connectivity index is 1.90. The molecule has 0 saturated carbocycles. The summed E-state index contributed by atoms with van der Waals surface area (Å²) in [6, 6.07) is 8.38. The first-order valence-electron chi connectivity index (χ1n) is 6.77. The van der Waals surface area contributed by atoms with Crippen molar-refractivity contribution in [1.29, 1.82) is 0 Å². The van der Waals surface area contributed by atoms with Gasteiger partial charge in [-0.3, -0.25) is 0 Å². The molecular formula is C15H20IN3S. The highest BCUT2D eigenvalue weighted by Gasteiger charge is 2.09. The van der Waals surface area contributed by atoms with Crippen LogP contribution >= 0.6 is 33.9 Å². The quantitative estimate of drug-likeness (QED) is 0.605. The Morgan fingerprint density at radius 3 is 2.75 bits per heavy atom. The van der Waals surface area contributed by atoms with Crippen molar-refractivity contribution in [1.82, 2.24) is 15.5 Å². The predicted octanol–water partition coefficient (Wildman–Crippen LogP) is 4.13. The molecular weight excluding hydrogens is 381 g/mol. The van der Waals surface area contributed by atoms with Crippen LogP contribution in [0.15, 0.2) is 24.3 Å². The summed E-state index contributed by atoms with van der Waals surface area (Å²) in [7, 11) is 0. The topological polar surface area (TPSA) is 37.8 Å². The van der Waals surface area contributed by atoms with E-state index in [2.05, 4.69) is 83.1 Å². The lowest BCUT2D eigenvalue weighted by Gasteiger charge is -2.20. The van der Waals surface area contributed by atoms with Crippen LogP contribution in [0.4, 0.5) is 0 Å². The van der Waals surface area contributed by atoms with Gasteiger partial charge in [-0.05, 0) is 68.5 Å². The number of nitrogens with zero attached hydrogens (tertiary/aromatic N) is 2. The molecule has 0 unspecified atom stereocenters. The van der Waals surface area contributed by atoms with Gasteiger partial charge in [0.25, 0.3) is 0 Å². The first-order valence-corrected chi connectivity index (χ1v) is 8.67. The van der Waals surface area contributed by atoms with Gasteiger partial charge in [-0.15, -0.1) is 10.2 Å². The van der Waals surface area contributed by atoms with Crippen molar-refractivity contribution in [3.8, 4) is 10.6 Å². The average molecular weight is 401 g/mol. The summed E-state index contributed by atoms with van der Waals surface area (Å²) < 4.78 is 1.23. The van der Waals surface area contributed by atoms with Crippen LogP contribution in [0.25, 0.3) is 10.6 Å². The largest absolute Gasteiger partial charge is 0.312 e. The molecule has 0 aliphatic heterocycles. The molecule has 1 aromatic carbocycles. The molecule has 0 aliphatic rings. The summed E-state index contributed by atoms with van der Waals surface area (Å²) in [5.41, 5.74) is 1.35. The first-order chi connectivity index (χ1) is 9.44. The maximum Gasteiger partial charge on any atom is 0.147 e. The molecule has 1 N–H and O–H groups in total. The van der Waals surface area contributed by atoms with Crippen molar-refractivity contribution < 1.29 is 0 Å². The van der Waals surface area contributed by atoms with E-state index >= 15 is 0 Å². The summed E-state index contributed by atoms with van der Waals surface area (Å²) in [5, 5.41) is 14.2. The van der Waals surface area contributed by atoms with E-state index in [1.807, 2.05) is 0 Å². The van der Waals surface area contributed by atoms with Crippen molar-refractivity contribution in [3.05, 3.63) is 32.8 Å². The summed E-state index contributed by atoms with van der Waals surface area (Å²) in [6.07, 6.45) is 2.09. The van der Waals surface area contributed by atoms with Crippen LogP contribution in [0.2, 0.25) is 0 Å². The fourth-order valence-electron chi connectivity index (χ4n) is 1.80. The number of hydrogen-bond acceptors (Lipinski definition) is 4. The SMILES string of the molecule is CC(C)(C)NCCCc1nnc(-c2cccc(I)c2)s1. The zero-order valence-electron chi connectivity index (χ0n) is 12.1. The van der Waals surface area contributed by atoms with Gasteiger partial charge in [0, 0.05) is 21.1 Å². The van der Waals surface area contributed by atoms with E-state index in [1.54, 1.807) is 11.3 Å². The van der Waals surface area contributed by atoms with Gasteiger partial charge in [-0.1, -0.05) is 23.5 Å². The summed E-state index contributed by atoms with van der Waals surface area (Å²) in [5.74, 6) is 0. The monoisotopic (exact) mass is 401 g/mol. The number of aryl methyl sites for hydroxylation is 1. The lowest BCUT2D eigenvalue weighted by molar-refractivity contribution is 0.422. The Bertz CT molecular complexity index is 560. The molecule has 0 radical (unpaired) electrons. The smallest absolute Gasteiger partial charge is 0.147 e. The van der Waals surface area contributed by atoms with Gasteiger partial charge in [0.05, 0.1) is 0 Å². The second-order valence-electron chi connectivity index (χ2n) is 5.79. The second kappa shape index (κ2) is 6.95. The van der Waals surface area contributed by atoms with Crippen LogP contribution in [-0.4, -0.2) is 22.3 Å². The Labute approximate surface area is 138 Å². The molecule has 0 atom stereocenters. The summed E-state index contributed by atoms with van der Waals surface area (Å²) in [6.45, 7) is 7.58. The molecule has 20 heavy (non-hydrogen) atoms. The maximum atomic E-state index is 4.30. The van der Waals surface area contributed by atoms with Gasteiger partial charge in [-0.25, -0.2) is 0 Å². The zero-order valence-corrected chi connectivity index (χ0v) is 15.1. The van der Waals surface area contributed by atoms with Gasteiger partial charge in [-0.2, -0.15) is 0 Å². The minimum Gasteiger partial charge on any atom is -0.312 e. The highest BCUT2D eigenvalue weighted by atomic mass is 127. The fourth-order valence-corrected chi connectivity index (χ4v) is 3.22. The van der Waals surface area contributed by atoms with Gasteiger partial charge in [0.1, 0.15) is 10.0 Å². The Hall–Kier alpha value is -0.530. The van der Waals surface area contributed by atoms with Crippen molar-refractivity contribution in [2.24, 2.45) is 0 Å². The minimum absolute atomic E-state index is 0.188. The third-order valence-electron chi connectivity index (χ3n) is 2.76. The molecule has 5 heteroatoms. The van der Waals surface area contributed by atoms with E-state index in [0.29, 0.717) is 0 Å². The van der Waals surface area contributed by atoms with Crippen molar-refractivity contribution in [2.75, 3.05) is 6.54 Å². The predicted molar refractivity (Wildman–Crippen MR) is 94.1 cm³/mol.